The van der Waals surface area contributed by atoms with Crippen LogP contribution in [0.3, 0.4) is 0 Å². The van der Waals surface area contributed by atoms with Crippen LogP contribution in [0, 0.1) is 0 Å². The van der Waals surface area contributed by atoms with Crippen LogP contribution < -0.4 is 10.1 Å². The van der Waals surface area contributed by atoms with E-state index in [1.54, 1.807) is 12.1 Å². The van der Waals surface area contributed by atoms with Gasteiger partial charge in [-0.05, 0) is 37.6 Å². The van der Waals surface area contributed by atoms with Gasteiger partial charge in [0.25, 0.3) is 0 Å². The Morgan fingerprint density at radius 3 is 2.59 bits per heavy atom. The Labute approximate surface area is 131 Å². The molecule has 0 bridgehead atoms. The number of aliphatic hydroxyl groups excluding tert-OH is 1. The van der Waals surface area contributed by atoms with Gasteiger partial charge in [0.2, 0.25) is 0 Å². The molecule has 0 fully saturated rings. The highest BCUT2D eigenvalue weighted by molar-refractivity contribution is 5.32. The van der Waals surface area contributed by atoms with E-state index in [1.165, 1.54) is 0 Å². The number of hydrogen-bond donors (Lipinski definition) is 3. The van der Waals surface area contributed by atoms with Crippen LogP contribution in [0.4, 0.5) is 0 Å². The summed E-state index contributed by atoms with van der Waals surface area (Å²) in [6.07, 6.45) is -0.520. The summed E-state index contributed by atoms with van der Waals surface area (Å²) in [6.45, 7) is 4.85. The van der Waals surface area contributed by atoms with E-state index in [9.17, 15) is 10.2 Å². The lowest BCUT2D eigenvalue weighted by Crippen LogP contribution is -2.21. The zero-order valence-electron chi connectivity index (χ0n) is 13.0. The predicted molar refractivity (Wildman–Crippen MR) is 87.0 cm³/mol. The zero-order valence-corrected chi connectivity index (χ0v) is 13.0. The molecule has 3 N–H and O–H groups in total. The zero-order chi connectivity index (χ0) is 15.9. The standard InChI is InChI=1S/C18H23NO3/c1-13(2)22-16-8-5-7-14(10-16)18(21)12-19-11-15-6-3-4-9-17(15)20/h3-10,13,18-21H,11-12H2,1-2H3. The average molecular weight is 301 g/mol. The molecule has 0 amide bonds. The first kappa shape index (κ1) is 16.3. The molecule has 4 nitrogen and oxygen atoms in total. The van der Waals surface area contributed by atoms with Crippen molar-refractivity contribution in [3.8, 4) is 11.5 Å². The van der Waals surface area contributed by atoms with Crippen molar-refractivity contribution < 1.29 is 14.9 Å². The van der Waals surface area contributed by atoms with Gasteiger partial charge in [0, 0.05) is 18.7 Å². The van der Waals surface area contributed by atoms with Gasteiger partial charge in [-0.1, -0.05) is 30.3 Å². The van der Waals surface area contributed by atoms with Crippen LogP contribution in [-0.4, -0.2) is 22.9 Å². The second kappa shape index (κ2) is 7.82. The lowest BCUT2D eigenvalue weighted by Gasteiger charge is -2.15. The van der Waals surface area contributed by atoms with Crippen molar-refractivity contribution in [1.82, 2.24) is 5.32 Å². The number of rotatable bonds is 7. The molecule has 0 spiro atoms. The van der Waals surface area contributed by atoms with E-state index in [-0.39, 0.29) is 11.9 Å². The van der Waals surface area contributed by atoms with Crippen molar-refractivity contribution in [2.75, 3.05) is 6.54 Å². The van der Waals surface area contributed by atoms with E-state index < -0.39 is 6.10 Å². The first-order chi connectivity index (χ1) is 10.6. The molecule has 0 aliphatic rings. The molecule has 22 heavy (non-hydrogen) atoms. The van der Waals surface area contributed by atoms with Crippen LogP contribution in [0.5, 0.6) is 11.5 Å². The average Bonchev–Trinajstić information content (AvgIpc) is 2.48. The van der Waals surface area contributed by atoms with Gasteiger partial charge in [-0.15, -0.1) is 0 Å². The van der Waals surface area contributed by atoms with Crippen LogP contribution in [0.2, 0.25) is 0 Å². The normalized spacial score (nSPS) is 12.4. The SMILES string of the molecule is CC(C)Oc1cccc(C(O)CNCc2ccccc2O)c1. The van der Waals surface area contributed by atoms with Gasteiger partial charge in [0.05, 0.1) is 12.2 Å². The molecular weight excluding hydrogens is 278 g/mol. The molecule has 0 aliphatic heterocycles. The Morgan fingerprint density at radius 1 is 1.09 bits per heavy atom. The summed E-state index contributed by atoms with van der Waals surface area (Å²) in [5.74, 6) is 1.02. The van der Waals surface area contributed by atoms with E-state index in [0.29, 0.717) is 13.1 Å². The summed E-state index contributed by atoms with van der Waals surface area (Å²) in [5, 5.41) is 23.1. The number of phenols is 1. The van der Waals surface area contributed by atoms with Crippen molar-refractivity contribution in [3.63, 3.8) is 0 Å². The van der Waals surface area contributed by atoms with Gasteiger partial charge < -0.3 is 20.3 Å². The Balaban J connectivity index is 1.89. The number of benzene rings is 2. The molecule has 118 valence electrons. The molecule has 2 aromatic rings. The molecule has 0 aliphatic carbocycles. The van der Waals surface area contributed by atoms with E-state index in [4.69, 9.17) is 4.74 Å². The lowest BCUT2D eigenvalue weighted by molar-refractivity contribution is 0.173. The predicted octanol–water partition coefficient (Wildman–Crippen LogP) is 3.00. The number of ether oxygens (including phenoxy) is 1. The molecule has 0 saturated carbocycles. The van der Waals surface area contributed by atoms with Crippen molar-refractivity contribution in [3.05, 3.63) is 59.7 Å². The molecule has 0 saturated heterocycles. The number of hydrogen-bond acceptors (Lipinski definition) is 4. The van der Waals surface area contributed by atoms with Gasteiger partial charge in [0.15, 0.2) is 0 Å². The molecular formula is C18H23NO3. The monoisotopic (exact) mass is 301 g/mol. The summed E-state index contributed by atoms with van der Waals surface area (Å²) in [6, 6.07) is 14.6. The van der Waals surface area contributed by atoms with Gasteiger partial charge in [-0.25, -0.2) is 0 Å². The minimum atomic E-state index is -0.624. The van der Waals surface area contributed by atoms with Crippen LogP contribution in [0.1, 0.15) is 31.1 Å². The smallest absolute Gasteiger partial charge is 0.120 e. The summed E-state index contributed by atoms with van der Waals surface area (Å²) < 4.78 is 5.63. The molecule has 0 aromatic heterocycles. The fourth-order valence-corrected chi connectivity index (χ4v) is 2.19. The highest BCUT2D eigenvalue weighted by atomic mass is 16.5. The van der Waals surface area contributed by atoms with Gasteiger partial charge in [0.1, 0.15) is 11.5 Å². The number of para-hydroxylation sites is 1. The Bertz CT molecular complexity index is 598. The number of nitrogens with one attached hydrogen (secondary N) is 1. The van der Waals surface area contributed by atoms with Crippen LogP contribution in [-0.2, 0) is 6.54 Å². The fraction of sp³-hybridized carbons (Fsp3) is 0.333. The minimum Gasteiger partial charge on any atom is -0.508 e. The van der Waals surface area contributed by atoms with Gasteiger partial charge >= 0.3 is 0 Å². The Morgan fingerprint density at radius 2 is 1.86 bits per heavy atom. The number of phenolic OH excluding ortho intramolecular Hbond substituents is 1. The van der Waals surface area contributed by atoms with Crippen molar-refractivity contribution in [2.24, 2.45) is 0 Å². The molecule has 1 atom stereocenters. The first-order valence-electron chi connectivity index (χ1n) is 7.48. The van der Waals surface area contributed by atoms with Crippen LogP contribution >= 0.6 is 0 Å². The van der Waals surface area contributed by atoms with Crippen molar-refractivity contribution in [2.45, 2.75) is 32.6 Å². The maximum absolute atomic E-state index is 10.2. The number of aliphatic hydroxyl groups is 1. The third-order valence-electron chi connectivity index (χ3n) is 3.26. The third kappa shape index (κ3) is 4.76. The molecule has 2 aromatic carbocycles. The summed E-state index contributed by atoms with van der Waals surface area (Å²) in [4.78, 5) is 0. The van der Waals surface area contributed by atoms with Gasteiger partial charge in [-0.3, -0.25) is 0 Å². The largest absolute Gasteiger partial charge is 0.508 e. The molecule has 1 unspecified atom stereocenters. The van der Waals surface area contributed by atoms with E-state index in [2.05, 4.69) is 5.32 Å². The molecule has 4 heteroatoms. The molecule has 2 rings (SSSR count). The first-order valence-corrected chi connectivity index (χ1v) is 7.48. The maximum atomic E-state index is 10.2. The maximum Gasteiger partial charge on any atom is 0.120 e. The van der Waals surface area contributed by atoms with Gasteiger partial charge in [-0.2, -0.15) is 0 Å². The van der Waals surface area contributed by atoms with Crippen LogP contribution in [0.15, 0.2) is 48.5 Å². The molecule has 0 radical (unpaired) electrons. The number of aromatic hydroxyl groups is 1. The van der Waals surface area contributed by atoms with Crippen molar-refractivity contribution in [1.29, 1.82) is 0 Å². The highest BCUT2D eigenvalue weighted by Gasteiger charge is 2.09. The second-order valence-electron chi connectivity index (χ2n) is 5.51. The second-order valence-corrected chi connectivity index (χ2v) is 5.51. The van der Waals surface area contributed by atoms with E-state index in [0.717, 1.165) is 16.9 Å². The van der Waals surface area contributed by atoms with Crippen LogP contribution in [0.25, 0.3) is 0 Å². The highest BCUT2D eigenvalue weighted by Crippen LogP contribution is 2.20. The fourth-order valence-electron chi connectivity index (χ4n) is 2.19. The van der Waals surface area contributed by atoms with E-state index in [1.807, 2.05) is 50.2 Å². The Kier molecular flexibility index (Phi) is 5.81. The van der Waals surface area contributed by atoms with Crippen molar-refractivity contribution >= 4 is 0 Å². The van der Waals surface area contributed by atoms with E-state index >= 15 is 0 Å². The lowest BCUT2D eigenvalue weighted by atomic mass is 10.1. The quantitative estimate of drug-likeness (QED) is 0.736. The minimum absolute atomic E-state index is 0.103. The molecule has 0 heterocycles. The summed E-state index contributed by atoms with van der Waals surface area (Å²) in [5.41, 5.74) is 1.62. The summed E-state index contributed by atoms with van der Waals surface area (Å²) >= 11 is 0. The summed E-state index contributed by atoms with van der Waals surface area (Å²) in [7, 11) is 0. The Hall–Kier alpha value is -2.04. The topological polar surface area (TPSA) is 61.7 Å². The third-order valence-corrected chi connectivity index (χ3v) is 3.26.